The fourth-order valence-corrected chi connectivity index (χ4v) is 2.29. The van der Waals surface area contributed by atoms with Gasteiger partial charge in [0.2, 0.25) is 0 Å². The van der Waals surface area contributed by atoms with Crippen molar-refractivity contribution in [3.63, 3.8) is 0 Å². The van der Waals surface area contributed by atoms with E-state index in [0.717, 1.165) is 32.1 Å². The minimum absolute atomic E-state index is 0.0634. The van der Waals surface area contributed by atoms with Gasteiger partial charge in [0.05, 0.1) is 0 Å². The Labute approximate surface area is 108 Å². The van der Waals surface area contributed by atoms with Crippen molar-refractivity contribution in [2.24, 2.45) is 10.9 Å². The normalized spacial score (nSPS) is 20.1. The summed E-state index contributed by atoms with van der Waals surface area (Å²) in [4.78, 5) is 4.02. The average molecular weight is 289 g/mol. The van der Waals surface area contributed by atoms with E-state index in [-0.39, 0.29) is 11.8 Å². The maximum absolute atomic E-state index is 12.4. The molecule has 1 aliphatic carbocycles. The van der Waals surface area contributed by atoms with E-state index in [9.17, 15) is 26.3 Å². The number of nitrogens with zero attached hydrogens (tertiary/aromatic N) is 1. The molecule has 0 atom stereocenters. The number of alkyl halides is 6. The van der Waals surface area contributed by atoms with Gasteiger partial charge in [0.15, 0.2) is 5.92 Å². The lowest BCUT2D eigenvalue weighted by Crippen LogP contribution is -2.37. The molecule has 1 fully saturated rings. The summed E-state index contributed by atoms with van der Waals surface area (Å²) >= 11 is 0. The van der Waals surface area contributed by atoms with Crippen LogP contribution in [0.4, 0.5) is 26.3 Å². The highest BCUT2D eigenvalue weighted by atomic mass is 19.4. The number of hydrogen-bond donors (Lipinski definition) is 0. The molecular weight excluding hydrogens is 272 g/mol. The number of hydrogen-bond acceptors (Lipinski definition) is 1. The van der Waals surface area contributed by atoms with Crippen LogP contribution in [0.2, 0.25) is 0 Å². The first-order chi connectivity index (χ1) is 8.60. The van der Waals surface area contributed by atoms with Gasteiger partial charge >= 0.3 is 12.4 Å². The summed E-state index contributed by atoms with van der Waals surface area (Å²) in [5, 5.41) is 0. The van der Waals surface area contributed by atoms with Crippen molar-refractivity contribution < 1.29 is 26.3 Å². The van der Waals surface area contributed by atoms with Gasteiger partial charge in [0.25, 0.3) is 0 Å². The van der Waals surface area contributed by atoms with Gasteiger partial charge < -0.3 is 0 Å². The summed E-state index contributed by atoms with van der Waals surface area (Å²) in [6, 6.07) is -0.115. The predicted octanol–water partition coefficient (Wildman–Crippen LogP) is 4.91. The topological polar surface area (TPSA) is 12.4 Å². The molecule has 0 aromatic rings. The van der Waals surface area contributed by atoms with Crippen LogP contribution in [0.25, 0.3) is 0 Å². The van der Waals surface area contributed by atoms with Crippen molar-refractivity contribution in [1.29, 1.82) is 0 Å². The van der Waals surface area contributed by atoms with Crippen molar-refractivity contribution >= 4 is 5.71 Å². The Morgan fingerprint density at radius 2 is 1.47 bits per heavy atom. The fourth-order valence-electron chi connectivity index (χ4n) is 2.29. The van der Waals surface area contributed by atoms with Crippen molar-refractivity contribution in [3.05, 3.63) is 0 Å². The van der Waals surface area contributed by atoms with Crippen LogP contribution < -0.4 is 0 Å². The second-order valence-corrected chi connectivity index (χ2v) is 5.00. The highest BCUT2D eigenvalue weighted by Crippen LogP contribution is 2.41. The average Bonchev–Trinajstić information content (AvgIpc) is 2.24. The lowest BCUT2D eigenvalue weighted by molar-refractivity contribution is -0.281. The van der Waals surface area contributed by atoms with Gasteiger partial charge in [0, 0.05) is 18.2 Å². The molecule has 0 amide bonds. The molecule has 0 N–H and O–H groups in total. The van der Waals surface area contributed by atoms with Crippen LogP contribution in [0.5, 0.6) is 0 Å². The molecule has 0 aromatic carbocycles. The largest absolute Gasteiger partial charge is 0.400 e. The molecular formula is C12H17F6N. The van der Waals surface area contributed by atoms with Gasteiger partial charge in [-0.1, -0.05) is 19.3 Å². The van der Waals surface area contributed by atoms with Crippen LogP contribution in [-0.2, 0) is 0 Å². The van der Waals surface area contributed by atoms with E-state index in [2.05, 4.69) is 4.99 Å². The molecule has 0 saturated heterocycles. The quantitative estimate of drug-likeness (QED) is 0.517. The van der Waals surface area contributed by atoms with Crippen molar-refractivity contribution in [3.8, 4) is 0 Å². The highest BCUT2D eigenvalue weighted by Gasteiger charge is 2.56. The fraction of sp³-hybridized carbons (Fsp3) is 0.917. The Hall–Kier alpha value is -0.750. The Kier molecular flexibility index (Phi) is 5.26. The highest BCUT2D eigenvalue weighted by molar-refractivity contribution is 5.82. The summed E-state index contributed by atoms with van der Waals surface area (Å²) in [6.07, 6.45) is -7.22. The van der Waals surface area contributed by atoms with Crippen molar-refractivity contribution in [2.75, 3.05) is 0 Å². The first-order valence-corrected chi connectivity index (χ1v) is 6.27. The minimum atomic E-state index is -5.28. The van der Waals surface area contributed by atoms with Crippen molar-refractivity contribution in [2.45, 2.75) is 63.8 Å². The molecule has 1 saturated carbocycles. The third-order valence-corrected chi connectivity index (χ3v) is 3.27. The van der Waals surface area contributed by atoms with Crippen LogP contribution in [0.15, 0.2) is 4.99 Å². The Morgan fingerprint density at radius 3 is 1.89 bits per heavy atom. The van der Waals surface area contributed by atoms with Crippen LogP contribution in [0.1, 0.15) is 45.4 Å². The smallest absolute Gasteiger partial charge is 0.291 e. The van der Waals surface area contributed by atoms with E-state index < -0.39 is 24.7 Å². The maximum atomic E-state index is 12.4. The molecule has 0 aromatic heterocycles. The number of rotatable bonds is 3. The lowest BCUT2D eigenvalue weighted by atomic mass is 9.95. The van der Waals surface area contributed by atoms with E-state index in [0.29, 0.717) is 0 Å². The molecule has 1 aliphatic rings. The van der Waals surface area contributed by atoms with E-state index in [1.807, 2.05) is 0 Å². The predicted molar refractivity (Wildman–Crippen MR) is 60.2 cm³/mol. The lowest BCUT2D eigenvalue weighted by Gasteiger charge is -2.24. The van der Waals surface area contributed by atoms with Gasteiger partial charge in [0.1, 0.15) is 0 Å². The SMILES string of the molecule is CC(CC(C(F)(F)F)C(F)(F)F)=NC1CCCCC1. The summed E-state index contributed by atoms with van der Waals surface area (Å²) in [6.45, 7) is 1.25. The zero-order chi connectivity index (χ0) is 14.7. The zero-order valence-electron chi connectivity index (χ0n) is 10.6. The molecule has 0 bridgehead atoms. The van der Waals surface area contributed by atoms with Crippen LogP contribution in [0.3, 0.4) is 0 Å². The van der Waals surface area contributed by atoms with E-state index in [1.165, 1.54) is 6.92 Å². The molecule has 1 rings (SSSR count). The third kappa shape index (κ3) is 5.40. The number of halogens is 6. The second-order valence-electron chi connectivity index (χ2n) is 5.00. The Bertz CT molecular complexity index is 297. The van der Waals surface area contributed by atoms with E-state index in [1.54, 1.807) is 0 Å². The Balaban J connectivity index is 2.70. The van der Waals surface area contributed by atoms with Crippen molar-refractivity contribution in [1.82, 2.24) is 0 Å². The Morgan fingerprint density at radius 1 is 1.00 bits per heavy atom. The second kappa shape index (κ2) is 6.13. The van der Waals surface area contributed by atoms with Crippen LogP contribution in [0, 0.1) is 5.92 Å². The van der Waals surface area contributed by atoms with Gasteiger partial charge in [-0.3, -0.25) is 4.99 Å². The first-order valence-electron chi connectivity index (χ1n) is 6.27. The van der Waals surface area contributed by atoms with Gasteiger partial charge in [-0.2, -0.15) is 26.3 Å². The van der Waals surface area contributed by atoms with E-state index >= 15 is 0 Å². The molecule has 0 aliphatic heterocycles. The summed E-state index contributed by atoms with van der Waals surface area (Å²) < 4.78 is 74.3. The third-order valence-electron chi connectivity index (χ3n) is 3.27. The number of aliphatic imine (C=N–C) groups is 1. The maximum Gasteiger partial charge on any atom is 0.400 e. The van der Waals surface area contributed by atoms with E-state index in [4.69, 9.17) is 0 Å². The van der Waals surface area contributed by atoms with Gasteiger partial charge in [-0.15, -0.1) is 0 Å². The molecule has 0 unspecified atom stereocenters. The molecule has 0 spiro atoms. The molecule has 7 heteroatoms. The first kappa shape index (κ1) is 16.3. The van der Waals surface area contributed by atoms with Crippen LogP contribution in [-0.4, -0.2) is 24.1 Å². The minimum Gasteiger partial charge on any atom is -0.291 e. The summed E-state index contributed by atoms with van der Waals surface area (Å²) in [5.74, 6) is -3.31. The molecule has 112 valence electrons. The standard InChI is InChI=1S/C12H17F6N/c1-8(19-9-5-3-2-4-6-9)7-10(11(13,14)15)12(16,17)18/h9-10H,2-7H2,1H3. The molecule has 0 heterocycles. The molecule has 0 radical (unpaired) electrons. The van der Waals surface area contributed by atoms with Gasteiger partial charge in [-0.05, 0) is 19.8 Å². The monoisotopic (exact) mass is 289 g/mol. The molecule has 19 heavy (non-hydrogen) atoms. The summed E-state index contributed by atoms with van der Waals surface area (Å²) in [5.41, 5.74) is -0.0634. The van der Waals surface area contributed by atoms with Gasteiger partial charge in [-0.25, -0.2) is 0 Å². The zero-order valence-corrected chi connectivity index (χ0v) is 10.6. The van der Waals surface area contributed by atoms with Crippen LogP contribution >= 0.6 is 0 Å². The summed E-state index contributed by atoms with van der Waals surface area (Å²) in [7, 11) is 0. The molecule has 1 nitrogen and oxygen atoms in total.